The molecule has 1 aliphatic rings. The van der Waals surface area contributed by atoms with Crippen molar-refractivity contribution in [2.75, 3.05) is 0 Å². The number of carbonyl (C=O) groups excluding carboxylic acids is 1. The first-order valence-corrected chi connectivity index (χ1v) is 11.6. The number of fused-ring (bicyclic) bond motifs is 3. The second-order valence-corrected chi connectivity index (χ2v) is 8.69. The van der Waals surface area contributed by atoms with E-state index < -0.39 is 12.1 Å². The number of rotatable bonds is 3. The van der Waals surface area contributed by atoms with Crippen molar-refractivity contribution in [1.29, 1.82) is 0 Å². The Labute approximate surface area is 209 Å². The molecule has 1 saturated carbocycles. The minimum absolute atomic E-state index is 0.205. The number of halogens is 3. The average Bonchev–Trinajstić information content (AvgIpc) is 3.59. The average molecular weight is 506 g/mol. The predicted octanol–water partition coefficient (Wildman–Crippen LogP) is 5.50. The monoisotopic (exact) mass is 505 g/mol. The number of nitrogens with zero attached hydrogens (tertiary/aromatic N) is 4. The molecule has 188 valence electrons. The summed E-state index contributed by atoms with van der Waals surface area (Å²) in [6.45, 7) is 1.86. The van der Waals surface area contributed by atoms with E-state index in [0.717, 1.165) is 22.3 Å². The summed E-state index contributed by atoms with van der Waals surface area (Å²) in [7, 11) is 0. The molecule has 7 nitrogen and oxygen atoms in total. The first kappa shape index (κ1) is 24.4. The number of alkyl halides is 3. The smallest absolute Gasteiger partial charge is 0.420 e. The zero-order valence-electron chi connectivity index (χ0n) is 19.7. The number of benzene rings is 2. The molecule has 3 aromatic heterocycles. The molecule has 0 atom stereocenters. The maximum Gasteiger partial charge on any atom is 0.491 e. The van der Waals surface area contributed by atoms with Gasteiger partial charge in [0.1, 0.15) is 11.6 Å². The Bertz CT molecular complexity index is 1580. The second-order valence-electron chi connectivity index (χ2n) is 8.69. The van der Waals surface area contributed by atoms with Gasteiger partial charge in [0.2, 0.25) is 0 Å². The lowest BCUT2D eigenvalue weighted by Gasteiger charge is -2.13. The maximum atomic E-state index is 12.5. The summed E-state index contributed by atoms with van der Waals surface area (Å²) in [6.07, 6.45) is -0.698. The third kappa shape index (κ3) is 5.29. The SMILES string of the molecule is Cc1nnc2c3cc(-c4ccccc4)c(-c4ccc(OC(=O)C(F)(F)F)cc4)nc3ccn12.NC1CC1. The number of carbonyl (C=O) groups is 1. The van der Waals surface area contributed by atoms with E-state index in [2.05, 4.69) is 14.9 Å². The van der Waals surface area contributed by atoms with Crippen LogP contribution in [0.2, 0.25) is 0 Å². The number of esters is 1. The van der Waals surface area contributed by atoms with Crippen LogP contribution in [0.15, 0.2) is 72.9 Å². The van der Waals surface area contributed by atoms with E-state index in [4.69, 9.17) is 10.7 Å². The van der Waals surface area contributed by atoms with Crippen LogP contribution in [0.1, 0.15) is 18.7 Å². The molecule has 6 rings (SSSR count). The molecule has 0 spiro atoms. The largest absolute Gasteiger partial charge is 0.491 e. The highest BCUT2D eigenvalue weighted by Gasteiger charge is 2.41. The molecule has 5 aromatic rings. The predicted molar refractivity (Wildman–Crippen MR) is 133 cm³/mol. The summed E-state index contributed by atoms with van der Waals surface area (Å²) in [5.41, 5.74) is 9.60. The maximum absolute atomic E-state index is 12.5. The number of nitrogens with two attached hydrogens (primary N) is 1. The van der Waals surface area contributed by atoms with Crippen LogP contribution >= 0.6 is 0 Å². The summed E-state index contributed by atoms with van der Waals surface area (Å²) in [6, 6.07) is 19.8. The molecule has 0 saturated heterocycles. The number of aryl methyl sites for hydroxylation is 1. The van der Waals surface area contributed by atoms with Crippen molar-refractivity contribution in [3.05, 3.63) is 78.8 Å². The highest BCUT2D eigenvalue weighted by Crippen LogP contribution is 2.35. The molecule has 37 heavy (non-hydrogen) atoms. The molecule has 0 amide bonds. The third-order valence-electron chi connectivity index (χ3n) is 5.82. The Morgan fingerprint density at radius 3 is 2.30 bits per heavy atom. The second kappa shape index (κ2) is 9.62. The summed E-state index contributed by atoms with van der Waals surface area (Å²) < 4.78 is 43.7. The number of hydrogen-bond acceptors (Lipinski definition) is 6. The normalized spacial score (nSPS) is 13.3. The minimum Gasteiger partial charge on any atom is -0.420 e. The Morgan fingerprint density at radius 2 is 1.68 bits per heavy atom. The quantitative estimate of drug-likeness (QED) is 0.257. The van der Waals surface area contributed by atoms with Gasteiger partial charge in [0, 0.05) is 28.8 Å². The molecule has 0 radical (unpaired) electrons. The summed E-state index contributed by atoms with van der Waals surface area (Å²) >= 11 is 0. The van der Waals surface area contributed by atoms with Gasteiger partial charge in [-0.3, -0.25) is 4.40 Å². The Morgan fingerprint density at radius 1 is 1.00 bits per heavy atom. The van der Waals surface area contributed by atoms with Gasteiger partial charge in [-0.1, -0.05) is 30.3 Å². The van der Waals surface area contributed by atoms with Crippen LogP contribution in [0.4, 0.5) is 13.2 Å². The van der Waals surface area contributed by atoms with Crippen LogP contribution in [0.3, 0.4) is 0 Å². The molecule has 3 heterocycles. The van der Waals surface area contributed by atoms with Gasteiger partial charge < -0.3 is 10.5 Å². The van der Waals surface area contributed by atoms with E-state index in [9.17, 15) is 18.0 Å². The van der Waals surface area contributed by atoms with Crippen molar-refractivity contribution in [3.63, 3.8) is 0 Å². The zero-order chi connectivity index (χ0) is 26.2. The molecule has 1 fully saturated rings. The number of aromatic nitrogens is 4. The van der Waals surface area contributed by atoms with Crippen LogP contribution in [-0.2, 0) is 4.79 Å². The Hall–Kier alpha value is -4.31. The first-order valence-electron chi connectivity index (χ1n) is 11.6. The Kier molecular flexibility index (Phi) is 6.34. The van der Waals surface area contributed by atoms with Gasteiger partial charge >= 0.3 is 12.1 Å². The van der Waals surface area contributed by atoms with Crippen molar-refractivity contribution in [2.24, 2.45) is 5.73 Å². The van der Waals surface area contributed by atoms with Crippen LogP contribution < -0.4 is 10.5 Å². The van der Waals surface area contributed by atoms with E-state index in [1.54, 1.807) is 12.1 Å². The molecule has 10 heteroatoms. The molecule has 0 unspecified atom stereocenters. The topological polar surface area (TPSA) is 95.4 Å². The van der Waals surface area contributed by atoms with Crippen molar-refractivity contribution in [2.45, 2.75) is 32.0 Å². The van der Waals surface area contributed by atoms with E-state index >= 15 is 0 Å². The van der Waals surface area contributed by atoms with Crippen molar-refractivity contribution < 1.29 is 22.7 Å². The van der Waals surface area contributed by atoms with Gasteiger partial charge in [-0.2, -0.15) is 13.2 Å². The van der Waals surface area contributed by atoms with Crippen molar-refractivity contribution in [3.8, 4) is 28.1 Å². The minimum atomic E-state index is -5.07. The van der Waals surface area contributed by atoms with Crippen molar-refractivity contribution in [1.82, 2.24) is 19.6 Å². The van der Waals surface area contributed by atoms with Crippen LogP contribution in [-0.4, -0.2) is 37.8 Å². The molecule has 1 aliphatic carbocycles. The van der Waals surface area contributed by atoms with E-state index in [-0.39, 0.29) is 5.75 Å². The fourth-order valence-corrected chi connectivity index (χ4v) is 3.71. The fraction of sp³-hybridized carbons (Fsp3) is 0.185. The lowest BCUT2D eigenvalue weighted by molar-refractivity contribution is -0.189. The van der Waals surface area contributed by atoms with E-state index in [0.29, 0.717) is 28.5 Å². The molecule has 2 aromatic carbocycles. The fourth-order valence-electron chi connectivity index (χ4n) is 3.71. The Balaban J connectivity index is 0.000000640. The van der Waals surface area contributed by atoms with Gasteiger partial charge in [0.15, 0.2) is 5.65 Å². The molecule has 0 bridgehead atoms. The standard InChI is InChI=1S/C24H15F3N4O2.C3H7N/c1-14-29-30-22-19-13-18(15-5-3-2-4-6-15)21(28-20(19)11-12-31(14)22)16-7-9-17(10-8-16)33-23(32)24(25,26)27;4-3-1-2-3/h2-13H,1H3;3H,1-2,4H2. The molecular weight excluding hydrogens is 483 g/mol. The van der Waals surface area contributed by atoms with Gasteiger partial charge in [-0.25, -0.2) is 9.78 Å². The highest BCUT2D eigenvalue weighted by atomic mass is 19.4. The highest BCUT2D eigenvalue weighted by molar-refractivity contribution is 5.98. The molecule has 0 aliphatic heterocycles. The lowest BCUT2D eigenvalue weighted by atomic mass is 9.97. The lowest BCUT2D eigenvalue weighted by Crippen LogP contribution is -2.27. The zero-order valence-corrected chi connectivity index (χ0v) is 19.7. The van der Waals surface area contributed by atoms with Crippen LogP contribution in [0.25, 0.3) is 38.9 Å². The summed E-state index contributed by atoms with van der Waals surface area (Å²) in [5.74, 6) is -1.72. The molecular formula is C27H22F3N5O2. The molecule has 2 N–H and O–H groups in total. The van der Waals surface area contributed by atoms with Gasteiger partial charge in [0.25, 0.3) is 0 Å². The summed E-state index contributed by atoms with van der Waals surface area (Å²) in [4.78, 5) is 16.0. The number of hydrogen-bond donors (Lipinski definition) is 1. The van der Waals surface area contributed by atoms with E-state index in [1.807, 2.05) is 60.0 Å². The van der Waals surface area contributed by atoms with Gasteiger partial charge in [-0.05, 0) is 61.7 Å². The van der Waals surface area contributed by atoms with Crippen molar-refractivity contribution >= 4 is 22.5 Å². The summed E-state index contributed by atoms with van der Waals surface area (Å²) in [5, 5.41) is 9.23. The van der Waals surface area contributed by atoms with Gasteiger partial charge in [-0.15, -0.1) is 10.2 Å². The van der Waals surface area contributed by atoms with Crippen LogP contribution in [0.5, 0.6) is 5.75 Å². The van der Waals surface area contributed by atoms with Crippen LogP contribution in [0, 0.1) is 6.92 Å². The third-order valence-corrected chi connectivity index (χ3v) is 5.82. The van der Waals surface area contributed by atoms with Gasteiger partial charge in [0.05, 0.1) is 11.2 Å². The van der Waals surface area contributed by atoms with E-state index in [1.165, 1.54) is 25.0 Å². The number of pyridine rings is 2. The first-order chi connectivity index (χ1) is 17.7. The number of ether oxygens (including phenoxy) is 1.